The Hall–Kier alpha value is -1.71. The van der Waals surface area contributed by atoms with Gasteiger partial charge in [-0.1, -0.05) is 15.9 Å². The van der Waals surface area contributed by atoms with Gasteiger partial charge in [0.15, 0.2) is 11.5 Å². The summed E-state index contributed by atoms with van der Waals surface area (Å²) in [7, 11) is 1.57. The summed E-state index contributed by atoms with van der Waals surface area (Å²) in [5, 5.41) is 4.86. The normalized spacial score (nSPS) is 11.6. The van der Waals surface area contributed by atoms with Crippen molar-refractivity contribution in [3.63, 3.8) is 0 Å². The van der Waals surface area contributed by atoms with Crippen LogP contribution in [0.15, 0.2) is 47.6 Å². The van der Waals surface area contributed by atoms with Crippen molar-refractivity contribution in [1.29, 1.82) is 0 Å². The molecule has 0 amide bonds. The highest BCUT2D eigenvalue weighted by molar-refractivity contribution is 9.13. The molecule has 1 heterocycles. The van der Waals surface area contributed by atoms with Gasteiger partial charge in [-0.05, 0) is 76.9 Å². The monoisotopic (exact) mass is 585 g/mol. The minimum absolute atomic E-state index is 0.0177. The number of ether oxygens (including phenoxy) is 2. The molecular weight excluding hydrogens is 570 g/mol. The fourth-order valence-corrected chi connectivity index (χ4v) is 3.99. The molecule has 0 N–H and O–H groups in total. The van der Waals surface area contributed by atoms with Crippen LogP contribution in [0.25, 0.3) is 10.9 Å². The highest BCUT2D eigenvalue weighted by atomic mass is 79.9. The third-order valence-corrected chi connectivity index (χ3v) is 6.65. The van der Waals surface area contributed by atoms with Crippen molar-refractivity contribution in [3.8, 4) is 11.5 Å². The highest BCUT2D eigenvalue weighted by Gasteiger charge is 2.17. The minimum Gasteiger partial charge on any atom is -0.493 e. The number of hydrogen-bond acceptors (Lipinski definition) is 5. The van der Waals surface area contributed by atoms with Gasteiger partial charge in [-0.2, -0.15) is 9.78 Å². The van der Waals surface area contributed by atoms with Crippen LogP contribution in [0.1, 0.15) is 25.2 Å². The van der Waals surface area contributed by atoms with Gasteiger partial charge >= 0.3 is 0 Å². The molecular formula is C20H18Br3N3O3. The smallest absolute Gasteiger partial charge is 0.282 e. The summed E-state index contributed by atoms with van der Waals surface area (Å²) in [6, 6.07) is 7.18. The van der Waals surface area contributed by atoms with Gasteiger partial charge in [0.2, 0.25) is 0 Å². The van der Waals surface area contributed by atoms with Gasteiger partial charge in [0, 0.05) is 14.5 Å². The van der Waals surface area contributed by atoms with Gasteiger partial charge < -0.3 is 9.47 Å². The van der Waals surface area contributed by atoms with E-state index in [4.69, 9.17) is 9.47 Å². The number of fused-ring (bicyclic) bond motifs is 1. The predicted molar refractivity (Wildman–Crippen MR) is 126 cm³/mol. The first-order chi connectivity index (χ1) is 13.7. The van der Waals surface area contributed by atoms with E-state index < -0.39 is 0 Å². The second-order valence-electron chi connectivity index (χ2n) is 6.47. The standard InChI is InChI=1S/C20H18Br3N3O3/c1-10(2)29-19-16(28-4)7-12(17(22)18(19)23)9-24-26-11(3)25-15-6-5-13(21)8-14(15)20(26)27/h5-10H,1-4H3. The number of methoxy groups -OCH3 is 1. The fourth-order valence-electron chi connectivity index (χ4n) is 2.71. The SMILES string of the molecule is COc1cc(C=Nn2c(C)nc3ccc(Br)cc3c2=O)c(Br)c(Br)c1OC(C)C. The lowest BCUT2D eigenvalue weighted by Crippen LogP contribution is -2.20. The molecule has 9 heteroatoms. The fraction of sp³-hybridized carbons (Fsp3) is 0.250. The van der Waals surface area contributed by atoms with Gasteiger partial charge in [-0.25, -0.2) is 4.98 Å². The van der Waals surface area contributed by atoms with Crippen LogP contribution in [0.4, 0.5) is 0 Å². The van der Waals surface area contributed by atoms with Crippen molar-refractivity contribution in [2.24, 2.45) is 5.10 Å². The van der Waals surface area contributed by atoms with Crippen LogP contribution in [0, 0.1) is 6.92 Å². The Morgan fingerprint density at radius 3 is 2.55 bits per heavy atom. The Bertz CT molecular complexity index is 1170. The average Bonchev–Trinajstić information content (AvgIpc) is 2.67. The number of hydrogen-bond donors (Lipinski definition) is 0. The molecule has 29 heavy (non-hydrogen) atoms. The van der Waals surface area contributed by atoms with Gasteiger partial charge in [0.05, 0.1) is 34.8 Å². The second kappa shape index (κ2) is 8.97. The summed E-state index contributed by atoms with van der Waals surface area (Å²) >= 11 is 10.5. The summed E-state index contributed by atoms with van der Waals surface area (Å²) in [5.74, 6) is 1.64. The lowest BCUT2D eigenvalue weighted by atomic mass is 10.2. The Kier molecular flexibility index (Phi) is 6.80. The molecule has 0 saturated heterocycles. The lowest BCUT2D eigenvalue weighted by molar-refractivity contribution is 0.228. The van der Waals surface area contributed by atoms with Crippen LogP contribution >= 0.6 is 47.8 Å². The number of aromatic nitrogens is 2. The van der Waals surface area contributed by atoms with E-state index in [1.807, 2.05) is 19.9 Å². The first-order valence-electron chi connectivity index (χ1n) is 8.68. The summed E-state index contributed by atoms with van der Waals surface area (Å²) in [4.78, 5) is 17.4. The molecule has 0 atom stereocenters. The number of halogens is 3. The maximum absolute atomic E-state index is 12.9. The van der Waals surface area contributed by atoms with Crippen LogP contribution in [0.3, 0.4) is 0 Å². The molecule has 0 aliphatic carbocycles. The number of aryl methyl sites for hydroxylation is 1. The third-order valence-electron chi connectivity index (χ3n) is 4.01. The molecule has 0 radical (unpaired) electrons. The molecule has 2 aromatic carbocycles. The number of rotatable bonds is 5. The molecule has 0 unspecified atom stereocenters. The Balaban J connectivity index is 2.11. The topological polar surface area (TPSA) is 65.7 Å². The Labute approximate surface area is 193 Å². The van der Waals surface area contributed by atoms with Crippen LogP contribution in [-0.2, 0) is 0 Å². The lowest BCUT2D eigenvalue weighted by Gasteiger charge is -2.17. The molecule has 0 fully saturated rings. The number of nitrogens with zero attached hydrogens (tertiary/aromatic N) is 3. The minimum atomic E-state index is -0.244. The first kappa shape index (κ1) is 22.0. The molecule has 0 bridgehead atoms. The maximum Gasteiger partial charge on any atom is 0.282 e. The van der Waals surface area contributed by atoms with Crippen LogP contribution in [0.5, 0.6) is 11.5 Å². The van der Waals surface area contributed by atoms with Gasteiger partial charge in [0.25, 0.3) is 5.56 Å². The van der Waals surface area contributed by atoms with Crippen molar-refractivity contribution in [3.05, 3.63) is 59.4 Å². The van der Waals surface area contributed by atoms with E-state index >= 15 is 0 Å². The Morgan fingerprint density at radius 2 is 1.90 bits per heavy atom. The predicted octanol–water partition coefficient (Wildman–Crippen LogP) is 5.67. The molecule has 6 nitrogen and oxygen atoms in total. The quantitative estimate of drug-likeness (QED) is 0.361. The molecule has 3 aromatic rings. The van der Waals surface area contributed by atoms with Crippen molar-refractivity contribution >= 4 is 64.9 Å². The first-order valence-corrected chi connectivity index (χ1v) is 11.1. The van der Waals surface area contributed by atoms with E-state index in [9.17, 15) is 4.79 Å². The molecule has 0 saturated carbocycles. The molecule has 1 aromatic heterocycles. The average molecular weight is 588 g/mol. The Morgan fingerprint density at radius 1 is 1.17 bits per heavy atom. The van der Waals surface area contributed by atoms with E-state index in [0.29, 0.717) is 38.3 Å². The van der Waals surface area contributed by atoms with Crippen molar-refractivity contribution in [1.82, 2.24) is 9.66 Å². The molecule has 0 aliphatic rings. The zero-order valence-electron chi connectivity index (χ0n) is 16.2. The second-order valence-corrected chi connectivity index (χ2v) is 8.98. The summed E-state index contributed by atoms with van der Waals surface area (Å²) < 4.78 is 14.8. The van der Waals surface area contributed by atoms with E-state index in [2.05, 4.69) is 57.9 Å². The zero-order valence-corrected chi connectivity index (χ0v) is 20.9. The molecule has 0 aliphatic heterocycles. The van der Waals surface area contributed by atoms with E-state index in [1.165, 1.54) is 4.68 Å². The zero-order chi connectivity index (χ0) is 21.3. The summed E-state index contributed by atoms with van der Waals surface area (Å²) in [5.41, 5.74) is 1.10. The van der Waals surface area contributed by atoms with Gasteiger partial charge in [-0.3, -0.25) is 4.79 Å². The third kappa shape index (κ3) is 4.57. The number of benzene rings is 2. The highest BCUT2D eigenvalue weighted by Crippen LogP contribution is 2.42. The molecule has 152 valence electrons. The van der Waals surface area contributed by atoms with Crippen LogP contribution < -0.4 is 15.0 Å². The maximum atomic E-state index is 12.9. The van der Waals surface area contributed by atoms with Crippen LogP contribution in [-0.4, -0.2) is 29.1 Å². The van der Waals surface area contributed by atoms with Crippen molar-refractivity contribution in [2.45, 2.75) is 26.9 Å². The van der Waals surface area contributed by atoms with E-state index in [0.717, 1.165) is 8.95 Å². The van der Waals surface area contributed by atoms with E-state index in [-0.39, 0.29) is 11.7 Å². The molecule has 3 rings (SSSR count). The van der Waals surface area contributed by atoms with Gasteiger partial charge in [0.1, 0.15) is 5.82 Å². The summed E-state index contributed by atoms with van der Waals surface area (Å²) in [6.45, 7) is 5.62. The van der Waals surface area contributed by atoms with Crippen molar-refractivity contribution in [2.75, 3.05) is 7.11 Å². The summed E-state index contributed by atoms with van der Waals surface area (Å²) in [6.07, 6.45) is 1.56. The van der Waals surface area contributed by atoms with E-state index in [1.54, 1.807) is 38.4 Å². The van der Waals surface area contributed by atoms with Gasteiger partial charge in [-0.15, -0.1) is 0 Å². The largest absolute Gasteiger partial charge is 0.493 e. The van der Waals surface area contributed by atoms with Crippen molar-refractivity contribution < 1.29 is 9.47 Å². The molecule has 0 spiro atoms. The van der Waals surface area contributed by atoms with Crippen LogP contribution in [0.2, 0.25) is 0 Å².